The molecule has 0 aliphatic carbocycles. The Hall–Kier alpha value is -7.02. The zero-order valence-corrected chi connectivity index (χ0v) is 29.8. The lowest BCUT2D eigenvalue weighted by atomic mass is 9.89. The van der Waals surface area contributed by atoms with Gasteiger partial charge in [0.15, 0.2) is 0 Å². The Morgan fingerprint density at radius 3 is 0.796 bits per heavy atom. The number of hydrogen-bond acceptors (Lipinski definition) is 0. The normalized spacial score (nSPS) is 11.3. The molecule has 54 heavy (non-hydrogen) atoms. The van der Waals surface area contributed by atoms with Crippen LogP contribution in [0.15, 0.2) is 218 Å². The van der Waals surface area contributed by atoms with Gasteiger partial charge in [0.05, 0.1) is 0 Å². The Labute approximate surface area is 316 Å². The van der Waals surface area contributed by atoms with Gasteiger partial charge in [0, 0.05) is 0 Å². The second-order valence-electron chi connectivity index (χ2n) is 14.1. The highest BCUT2D eigenvalue weighted by Crippen LogP contribution is 2.39. The molecule has 0 unspecified atom stereocenters. The molecule has 0 radical (unpaired) electrons. The first kappa shape index (κ1) is 31.7. The molecule has 0 spiro atoms. The molecule has 0 aliphatic rings. The minimum Gasteiger partial charge on any atom is -0.0622 e. The Bertz CT molecular complexity index is 2840. The minimum atomic E-state index is 1.19. The summed E-state index contributed by atoms with van der Waals surface area (Å²) in [6.45, 7) is 0. The molecule has 0 saturated heterocycles. The van der Waals surface area contributed by atoms with E-state index in [2.05, 4.69) is 218 Å². The molecule has 252 valence electrons. The van der Waals surface area contributed by atoms with E-state index in [9.17, 15) is 0 Å². The lowest BCUT2D eigenvalue weighted by molar-refractivity contribution is 1.55. The number of rotatable bonds is 6. The summed E-state index contributed by atoms with van der Waals surface area (Å²) in [6, 6.07) is 79.8. The van der Waals surface area contributed by atoms with Crippen molar-refractivity contribution in [2.45, 2.75) is 0 Å². The van der Waals surface area contributed by atoms with Crippen molar-refractivity contribution in [3.8, 4) is 66.8 Å². The summed E-state index contributed by atoms with van der Waals surface area (Å²) in [4.78, 5) is 0. The molecule has 0 heteroatoms. The van der Waals surface area contributed by atoms with Crippen LogP contribution in [0.3, 0.4) is 0 Å². The molecule has 10 rings (SSSR count). The van der Waals surface area contributed by atoms with Crippen molar-refractivity contribution in [2.75, 3.05) is 0 Å². The Kier molecular flexibility index (Phi) is 7.93. The lowest BCUT2D eigenvalue weighted by Crippen LogP contribution is -1.89. The first-order chi connectivity index (χ1) is 26.7. The maximum Gasteiger partial charge on any atom is -0.00928 e. The van der Waals surface area contributed by atoms with Gasteiger partial charge in [-0.05, 0) is 142 Å². The van der Waals surface area contributed by atoms with Gasteiger partial charge in [0.2, 0.25) is 0 Å². The van der Waals surface area contributed by atoms with Crippen molar-refractivity contribution in [3.63, 3.8) is 0 Å². The van der Waals surface area contributed by atoms with Gasteiger partial charge in [-0.1, -0.05) is 176 Å². The average Bonchev–Trinajstić information content (AvgIpc) is 3.27. The predicted molar refractivity (Wildman–Crippen MR) is 232 cm³/mol. The summed E-state index contributed by atoms with van der Waals surface area (Å²) in [5, 5.41) is 7.75. The highest BCUT2D eigenvalue weighted by molar-refractivity contribution is 6.25. The second-order valence-corrected chi connectivity index (χ2v) is 14.1. The van der Waals surface area contributed by atoms with Gasteiger partial charge >= 0.3 is 0 Å². The van der Waals surface area contributed by atoms with Crippen LogP contribution in [-0.2, 0) is 0 Å². The van der Waals surface area contributed by atoms with Crippen molar-refractivity contribution >= 4 is 32.3 Å². The van der Waals surface area contributed by atoms with E-state index in [-0.39, 0.29) is 0 Å². The quantitative estimate of drug-likeness (QED) is 0.153. The van der Waals surface area contributed by atoms with Crippen molar-refractivity contribution in [2.24, 2.45) is 0 Å². The smallest absolute Gasteiger partial charge is 0.00928 e. The van der Waals surface area contributed by atoms with E-state index in [4.69, 9.17) is 0 Å². The van der Waals surface area contributed by atoms with Crippen LogP contribution in [0.1, 0.15) is 0 Å². The van der Waals surface area contributed by atoms with Crippen LogP contribution in [0.4, 0.5) is 0 Å². The number of fused-ring (bicyclic) bond motifs is 6. The van der Waals surface area contributed by atoms with E-state index in [0.717, 1.165) is 0 Å². The fourth-order valence-corrected chi connectivity index (χ4v) is 8.11. The van der Waals surface area contributed by atoms with Crippen molar-refractivity contribution in [3.05, 3.63) is 218 Å². The fraction of sp³-hybridized carbons (Fsp3) is 0. The summed E-state index contributed by atoms with van der Waals surface area (Å²) >= 11 is 0. The largest absolute Gasteiger partial charge is 0.0622 e. The number of hydrogen-bond donors (Lipinski definition) is 0. The van der Waals surface area contributed by atoms with Crippen LogP contribution in [0, 0.1) is 0 Å². The summed E-state index contributed by atoms with van der Waals surface area (Å²) in [6.07, 6.45) is 0. The van der Waals surface area contributed by atoms with Crippen LogP contribution in [0.25, 0.3) is 99.1 Å². The first-order valence-corrected chi connectivity index (χ1v) is 18.7. The molecule has 10 aromatic rings. The van der Waals surface area contributed by atoms with E-state index in [1.807, 2.05) is 0 Å². The third-order valence-electron chi connectivity index (χ3n) is 10.8. The van der Waals surface area contributed by atoms with E-state index >= 15 is 0 Å². The Morgan fingerprint density at radius 2 is 0.389 bits per heavy atom. The van der Waals surface area contributed by atoms with E-state index in [1.165, 1.54) is 99.1 Å². The Balaban J connectivity index is 1.12. The highest BCUT2D eigenvalue weighted by atomic mass is 14.2. The second kappa shape index (κ2) is 13.5. The summed E-state index contributed by atoms with van der Waals surface area (Å²) in [5.41, 5.74) is 14.4. The molecule has 0 saturated carbocycles. The van der Waals surface area contributed by atoms with Gasteiger partial charge in [0.25, 0.3) is 0 Å². The topological polar surface area (TPSA) is 0 Å². The van der Waals surface area contributed by atoms with Crippen LogP contribution in [0.2, 0.25) is 0 Å². The van der Waals surface area contributed by atoms with Crippen LogP contribution in [-0.4, -0.2) is 0 Å². The SMILES string of the molecule is c1ccc(-c2cccc(-c3cc(-c4cccc(-c5ccccc5)c4)cc(-c4cccc(-c5ccc6c7ccccc7c7ccccc7c6c5)c4)c3)c2)cc1. The van der Waals surface area contributed by atoms with Crippen LogP contribution in [0.5, 0.6) is 0 Å². The zero-order chi connectivity index (χ0) is 35.8. The number of benzene rings is 10. The molecule has 0 atom stereocenters. The van der Waals surface area contributed by atoms with E-state index in [0.29, 0.717) is 0 Å². The van der Waals surface area contributed by atoms with Crippen molar-refractivity contribution in [1.82, 2.24) is 0 Å². The monoisotopic (exact) mass is 684 g/mol. The molecule has 0 aliphatic heterocycles. The van der Waals surface area contributed by atoms with Gasteiger partial charge in [-0.3, -0.25) is 0 Å². The summed E-state index contributed by atoms with van der Waals surface area (Å²) in [5.74, 6) is 0. The van der Waals surface area contributed by atoms with Crippen LogP contribution >= 0.6 is 0 Å². The fourth-order valence-electron chi connectivity index (χ4n) is 8.11. The van der Waals surface area contributed by atoms with Crippen molar-refractivity contribution < 1.29 is 0 Å². The Morgan fingerprint density at radius 1 is 0.130 bits per heavy atom. The standard InChI is InChI=1S/C54H36/c1-3-14-37(15-4-1)39-18-11-21-42(30-39)46-33-47(43-22-12-19-40(31-43)38-16-5-2-6-17-38)35-48(34-46)44-23-13-20-41(32-44)45-28-29-53-51-26-8-7-24-49(51)50-25-9-10-27-52(50)54(53)36-45/h1-36H. The molecular formula is C54H36. The van der Waals surface area contributed by atoms with Gasteiger partial charge in [-0.25, -0.2) is 0 Å². The van der Waals surface area contributed by atoms with Gasteiger partial charge in [0.1, 0.15) is 0 Å². The van der Waals surface area contributed by atoms with Gasteiger partial charge in [-0.15, -0.1) is 0 Å². The van der Waals surface area contributed by atoms with Crippen LogP contribution < -0.4 is 0 Å². The van der Waals surface area contributed by atoms with Gasteiger partial charge < -0.3 is 0 Å². The molecule has 0 amide bonds. The third-order valence-corrected chi connectivity index (χ3v) is 10.8. The molecule has 10 aromatic carbocycles. The average molecular weight is 685 g/mol. The molecular weight excluding hydrogens is 649 g/mol. The zero-order valence-electron chi connectivity index (χ0n) is 29.8. The molecule has 0 nitrogen and oxygen atoms in total. The third kappa shape index (κ3) is 5.85. The van der Waals surface area contributed by atoms with Gasteiger partial charge in [-0.2, -0.15) is 0 Å². The van der Waals surface area contributed by atoms with E-state index < -0.39 is 0 Å². The maximum absolute atomic E-state index is 2.38. The summed E-state index contributed by atoms with van der Waals surface area (Å²) in [7, 11) is 0. The molecule has 0 N–H and O–H groups in total. The molecule has 0 fully saturated rings. The molecule has 0 aromatic heterocycles. The maximum atomic E-state index is 2.38. The predicted octanol–water partition coefficient (Wildman–Crippen LogP) is 15.1. The molecule has 0 heterocycles. The first-order valence-electron chi connectivity index (χ1n) is 18.7. The highest BCUT2D eigenvalue weighted by Gasteiger charge is 2.13. The van der Waals surface area contributed by atoms with Crippen molar-refractivity contribution in [1.29, 1.82) is 0 Å². The van der Waals surface area contributed by atoms with E-state index in [1.54, 1.807) is 0 Å². The molecule has 0 bridgehead atoms. The lowest BCUT2D eigenvalue weighted by Gasteiger charge is -2.15. The summed E-state index contributed by atoms with van der Waals surface area (Å²) < 4.78 is 0. The minimum absolute atomic E-state index is 1.19.